The number of rotatable bonds is 6. The molecule has 0 aliphatic heterocycles. The van der Waals surface area contributed by atoms with Crippen LogP contribution in [0, 0.1) is 5.92 Å². The molecule has 0 saturated carbocycles. The number of hydrogen-bond donors (Lipinski definition) is 2. The minimum Gasteiger partial charge on any atom is -0.271 e. The van der Waals surface area contributed by atoms with E-state index in [1.165, 1.54) is 12.1 Å². The standard InChI is InChI=1S/C14H21F3N2/c1-10(2)6-7-13(19-18)9-11-4-3-5-12(8-11)14(15,16)17/h3-5,8,10,13,19H,6-7,9,18H2,1-2H3. The van der Waals surface area contributed by atoms with Crippen molar-refractivity contribution in [3.63, 3.8) is 0 Å². The molecule has 1 aromatic carbocycles. The average Bonchev–Trinajstić information content (AvgIpc) is 2.33. The summed E-state index contributed by atoms with van der Waals surface area (Å²) >= 11 is 0. The average molecular weight is 274 g/mol. The number of alkyl halides is 3. The zero-order valence-corrected chi connectivity index (χ0v) is 11.3. The Morgan fingerprint density at radius 3 is 2.42 bits per heavy atom. The fraction of sp³-hybridized carbons (Fsp3) is 0.571. The van der Waals surface area contributed by atoms with Gasteiger partial charge in [0, 0.05) is 6.04 Å². The summed E-state index contributed by atoms with van der Waals surface area (Å²) in [5.74, 6) is 6.01. The summed E-state index contributed by atoms with van der Waals surface area (Å²) in [4.78, 5) is 0. The van der Waals surface area contributed by atoms with E-state index in [1.807, 2.05) is 0 Å². The van der Waals surface area contributed by atoms with Gasteiger partial charge in [-0.2, -0.15) is 13.2 Å². The Bertz CT molecular complexity index is 389. The molecule has 2 nitrogen and oxygen atoms in total. The number of halogens is 3. The van der Waals surface area contributed by atoms with Crippen LogP contribution in [-0.2, 0) is 12.6 Å². The van der Waals surface area contributed by atoms with Crippen molar-refractivity contribution in [2.45, 2.75) is 45.3 Å². The molecule has 0 aliphatic rings. The molecular formula is C14H21F3N2. The zero-order valence-electron chi connectivity index (χ0n) is 11.3. The second-order valence-corrected chi connectivity index (χ2v) is 5.24. The van der Waals surface area contributed by atoms with Crippen molar-refractivity contribution in [2.24, 2.45) is 11.8 Å². The van der Waals surface area contributed by atoms with E-state index in [2.05, 4.69) is 19.3 Å². The van der Waals surface area contributed by atoms with Crippen LogP contribution in [0.4, 0.5) is 13.2 Å². The first-order chi connectivity index (χ1) is 8.82. The summed E-state index contributed by atoms with van der Waals surface area (Å²) in [6.45, 7) is 4.22. The van der Waals surface area contributed by atoms with Crippen molar-refractivity contribution >= 4 is 0 Å². The molecule has 0 heterocycles. The van der Waals surface area contributed by atoms with E-state index in [4.69, 9.17) is 5.84 Å². The Kier molecular flexibility index (Phi) is 5.82. The largest absolute Gasteiger partial charge is 0.416 e. The van der Waals surface area contributed by atoms with Gasteiger partial charge >= 0.3 is 6.18 Å². The van der Waals surface area contributed by atoms with Gasteiger partial charge in [-0.25, -0.2) is 0 Å². The van der Waals surface area contributed by atoms with Crippen LogP contribution in [-0.4, -0.2) is 6.04 Å². The fourth-order valence-corrected chi connectivity index (χ4v) is 1.94. The molecule has 19 heavy (non-hydrogen) atoms. The smallest absolute Gasteiger partial charge is 0.271 e. The van der Waals surface area contributed by atoms with Gasteiger partial charge in [-0.1, -0.05) is 32.0 Å². The van der Waals surface area contributed by atoms with Crippen LogP contribution in [0.1, 0.15) is 37.8 Å². The summed E-state index contributed by atoms with van der Waals surface area (Å²) in [7, 11) is 0. The van der Waals surface area contributed by atoms with Crippen LogP contribution in [0.2, 0.25) is 0 Å². The lowest BCUT2D eigenvalue weighted by Gasteiger charge is -2.17. The van der Waals surface area contributed by atoms with Crippen LogP contribution in [0.5, 0.6) is 0 Å². The first-order valence-electron chi connectivity index (χ1n) is 6.45. The Balaban J connectivity index is 2.69. The Morgan fingerprint density at radius 1 is 1.21 bits per heavy atom. The minimum absolute atomic E-state index is 0.00545. The molecule has 108 valence electrons. The molecule has 0 aromatic heterocycles. The van der Waals surface area contributed by atoms with E-state index in [9.17, 15) is 13.2 Å². The molecule has 0 bridgehead atoms. The predicted molar refractivity (Wildman–Crippen MR) is 70.3 cm³/mol. The van der Waals surface area contributed by atoms with Crippen molar-refractivity contribution < 1.29 is 13.2 Å². The molecule has 0 spiro atoms. The summed E-state index contributed by atoms with van der Waals surface area (Å²) in [6, 6.07) is 5.43. The van der Waals surface area contributed by atoms with Gasteiger partial charge in [-0.15, -0.1) is 0 Å². The highest BCUT2D eigenvalue weighted by Gasteiger charge is 2.30. The SMILES string of the molecule is CC(C)CCC(Cc1cccc(C(F)(F)F)c1)NN. The van der Waals surface area contributed by atoms with E-state index in [0.29, 0.717) is 17.9 Å². The van der Waals surface area contributed by atoms with Crippen LogP contribution >= 0.6 is 0 Å². The predicted octanol–water partition coefficient (Wildman–Crippen LogP) is 3.52. The highest BCUT2D eigenvalue weighted by molar-refractivity contribution is 5.26. The third-order valence-electron chi connectivity index (χ3n) is 3.06. The Labute approximate surface area is 112 Å². The molecule has 0 radical (unpaired) electrons. The first-order valence-corrected chi connectivity index (χ1v) is 6.45. The maximum absolute atomic E-state index is 12.6. The minimum atomic E-state index is -4.29. The molecule has 3 N–H and O–H groups in total. The van der Waals surface area contributed by atoms with E-state index >= 15 is 0 Å². The normalized spacial score (nSPS) is 13.8. The summed E-state index contributed by atoms with van der Waals surface area (Å²) < 4.78 is 37.8. The maximum atomic E-state index is 12.6. The summed E-state index contributed by atoms with van der Waals surface area (Å²) in [6.07, 6.45) is -1.94. The van der Waals surface area contributed by atoms with E-state index in [-0.39, 0.29) is 6.04 Å². The third-order valence-corrected chi connectivity index (χ3v) is 3.06. The summed E-state index contributed by atoms with van der Waals surface area (Å²) in [5, 5.41) is 0. The van der Waals surface area contributed by atoms with Crippen LogP contribution in [0.3, 0.4) is 0 Å². The molecule has 0 aliphatic carbocycles. The molecule has 1 unspecified atom stereocenters. The zero-order chi connectivity index (χ0) is 14.5. The van der Waals surface area contributed by atoms with Gasteiger partial charge in [0.05, 0.1) is 5.56 Å². The highest BCUT2D eigenvalue weighted by atomic mass is 19.4. The van der Waals surface area contributed by atoms with Crippen LogP contribution in [0.15, 0.2) is 24.3 Å². The molecule has 0 amide bonds. The topological polar surface area (TPSA) is 38.0 Å². The number of nitrogens with two attached hydrogens (primary N) is 1. The van der Waals surface area contributed by atoms with Gasteiger partial charge in [0.2, 0.25) is 0 Å². The first kappa shape index (κ1) is 16.0. The quantitative estimate of drug-likeness (QED) is 0.615. The molecule has 0 fully saturated rings. The fourth-order valence-electron chi connectivity index (χ4n) is 1.94. The highest BCUT2D eigenvalue weighted by Crippen LogP contribution is 2.29. The molecule has 1 aromatic rings. The van der Waals surface area contributed by atoms with Crippen LogP contribution < -0.4 is 11.3 Å². The monoisotopic (exact) mass is 274 g/mol. The van der Waals surface area contributed by atoms with Gasteiger partial charge in [-0.05, 0) is 36.8 Å². The van der Waals surface area contributed by atoms with Gasteiger partial charge in [0.25, 0.3) is 0 Å². The number of benzene rings is 1. The maximum Gasteiger partial charge on any atom is 0.416 e. The molecule has 5 heteroatoms. The molecule has 0 saturated heterocycles. The lowest BCUT2D eigenvalue weighted by molar-refractivity contribution is -0.137. The van der Waals surface area contributed by atoms with E-state index < -0.39 is 11.7 Å². The number of nitrogens with one attached hydrogen (secondary N) is 1. The molecular weight excluding hydrogens is 253 g/mol. The number of hydrazine groups is 1. The van der Waals surface area contributed by atoms with Crippen molar-refractivity contribution in [3.8, 4) is 0 Å². The van der Waals surface area contributed by atoms with E-state index in [1.54, 1.807) is 6.07 Å². The summed E-state index contributed by atoms with van der Waals surface area (Å²) in [5.41, 5.74) is 2.73. The lowest BCUT2D eigenvalue weighted by atomic mass is 9.97. The Morgan fingerprint density at radius 2 is 1.89 bits per heavy atom. The van der Waals surface area contributed by atoms with Crippen molar-refractivity contribution in [3.05, 3.63) is 35.4 Å². The van der Waals surface area contributed by atoms with Crippen molar-refractivity contribution in [1.29, 1.82) is 0 Å². The van der Waals surface area contributed by atoms with Gasteiger partial charge < -0.3 is 0 Å². The van der Waals surface area contributed by atoms with Crippen LogP contribution in [0.25, 0.3) is 0 Å². The lowest BCUT2D eigenvalue weighted by Crippen LogP contribution is -2.37. The third kappa shape index (κ3) is 5.61. The molecule has 1 rings (SSSR count). The van der Waals surface area contributed by atoms with E-state index in [0.717, 1.165) is 18.9 Å². The van der Waals surface area contributed by atoms with Gasteiger partial charge in [0.15, 0.2) is 0 Å². The molecule has 1 atom stereocenters. The second-order valence-electron chi connectivity index (χ2n) is 5.24. The van der Waals surface area contributed by atoms with Gasteiger partial charge in [-0.3, -0.25) is 11.3 Å². The van der Waals surface area contributed by atoms with Crippen molar-refractivity contribution in [2.75, 3.05) is 0 Å². The number of hydrogen-bond acceptors (Lipinski definition) is 2. The van der Waals surface area contributed by atoms with Gasteiger partial charge in [0.1, 0.15) is 0 Å². The second kappa shape index (κ2) is 6.91. The Hall–Kier alpha value is -1.07. The van der Waals surface area contributed by atoms with Crippen molar-refractivity contribution in [1.82, 2.24) is 5.43 Å².